The molecule has 0 aliphatic heterocycles. The highest BCUT2D eigenvalue weighted by atomic mass is 35.5. The minimum atomic E-state index is -0.672. The van der Waals surface area contributed by atoms with Crippen molar-refractivity contribution in [1.82, 2.24) is 0 Å². The van der Waals surface area contributed by atoms with Crippen molar-refractivity contribution < 1.29 is 19.1 Å². The number of ether oxygens (including phenoxy) is 1. The lowest BCUT2D eigenvalue weighted by molar-refractivity contribution is -0.147. The molecule has 2 aromatic rings. The van der Waals surface area contributed by atoms with E-state index in [1.165, 1.54) is 6.07 Å². The molecule has 0 unspecified atom stereocenters. The van der Waals surface area contributed by atoms with Crippen molar-refractivity contribution in [3.05, 3.63) is 57.0 Å². The second-order valence-corrected chi connectivity index (χ2v) is 7.10. The number of rotatable bonds is 7. The fourth-order valence-corrected chi connectivity index (χ4v) is 2.74. The molecule has 0 heterocycles. The van der Waals surface area contributed by atoms with Gasteiger partial charge in [-0.1, -0.05) is 40.9 Å². The Hall–Kier alpha value is -2.28. The molecular weight excluding hydrogens is 427 g/mol. The number of aryl methyl sites for hydroxylation is 1. The van der Waals surface area contributed by atoms with Crippen LogP contribution in [0, 0.1) is 6.92 Å². The first-order valence-electron chi connectivity index (χ1n) is 8.21. The predicted molar refractivity (Wildman–Crippen MR) is 110 cm³/mol. The van der Waals surface area contributed by atoms with E-state index in [0.29, 0.717) is 21.4 Å². The fourth-order valence-electron chi connectivity index (χ4n) is 2.11. The number of esters is 1. The zero-order valence-corrected chi connectivity index (χ0v) is 17.1. The third kappa shape index (κ3) is 7.03. The van der Waals surface area contributed by atoms with Crippen molar-refractivity contribution in [1.29, 1.82) is 0 Å². The number of carbonyl (C=O) groups is 3. The fraction of sp³-hybridized carbons (Fsp3) is 0.211. The maximum Gasteiger partial charge on any atom is 0.306 e. The molecule has 0 saturated carbocycles. The second-order valence-electron chi connectivity index (χ2n) is 5.85. The molecule has 0 radical (unpaired) electrons. The summed E-state index contributed by atoms with van der Waals surface area (Å²) in [5.74, 6) is -1.60. The van der Waals surface area contributed by atoms with E-state index in [1.807, 2.05) is 6.92 Å². The number of nitrogens with one attached hydrogen (secondary N) is 2. The third-order valence-electron chi connectivity index (χ3n) is 3.58. The largest absolute Gasteiger partial charge is 0.456 e. The van der Waals surface area contributed by atoms with Crippen molar-refractivity contribution >= 4 is 64.0 Å². The summed E-state index contributed by atoms with van der Waals surface area (Å²) in [6.45, 7) is 1.38. The molecule has 28 heavy (non-hydrogen) atoms. The van der Waals surface area contributed by atoms with Crippen LogP contribution in [0.25, 0.3) is 0 Å². The first kappa shape index (κ1) is 22.0. The van der Waals surface area contributed by atoms with Gasteiger partial charge in [-0.2, -0.15) is 0 Å². The van der Waals surface area contributed by atoms with Crippen LogP contribution in [0.15, 0.2) is 36.4 Å². The van der Waals surface area contributed by atoms with Crippen LogP contribution in [0.4, 0.5) is 11.4 Å². The normalized spacial score (nSPS) is 10.3. The predicted octanol–water partition coefficient (Wildman–Crippen LogP) is 4.86. The highest BCUT2D eigenvalue weighted by Gasteiger charge is 2.12. The molecule has 2 rings (SSSR count). The Bertz CT molecular complexity index is 903. The average Bonchev–Trinajstić information content (AvgIpc) is 2.63. The number of hydrogen-bond acceptors (Lipinski definition) is 4. The number of carbonyl (C=O) groups excluding carboxylic acids is 3. The van der Waals surface area contributed by atoms with Crippen LogP contribution < -0.4 is 10.6 Å². The SMILES string of the molecule is Cc1ccc(NC(=O)COC(=O)CCC(=O)Nc2ccc(Cl)cc2Cl)cc1Cl. The Balaban J connectivity index is 1.72. The molecular formula is C19H17Cl3N2O4. The van der Waals surface area contributed by atoms with E-state index >= 15 is 0 Å². The van der Waals surface area contributed by atoms with Gasteiger partial charge < -0.3 is 15.4 Å². The molecule has 0 aliphatic rings. The zero-order chi connectivity index (χ0) is 20.7. The highest BCUT2D eigenvalue weighted by Crippen LogP contribution is 2.25. The summed E-state index contributed by atoms with van der Waals surface area (Å²) >= 11 is 17.7. The van der Waals surface area contributed by atoms with Crippen LogP contribution in [0.1, 0.15) is 18.4 Å². The molecule has 0 saturated heterocycles. The highest BCUT2D eigenvalue weighted by molar-refractivity contribution is 6.36. The summed E-state index contributed by atoms with van der Waals surface area (Å²) in [7, 11) is 0. The van der Waals surface area contributed by atoms with Gasteiger partial charge in [0.25, 0.3) is 5.91 Å². The van der Waals surface area contributed by atoms with Gasteiger partial charge in [0.2, 0.25) is 5.91 Å². The quantitative estimate of drug-likeness (QED) is 0.599. The van der Waals surface area contributed by atoms with Gasteiger partial charge in [0.1, 0.15) is 0 Å². The van der Waals surface area contributed by atoms with E-state index in [9.17, 15) is 14.4 Å². The molecule has 6 nitrogen and oxygen atoms in total. The maximum absolute atomic E-state index is 11.9. The smallest absolute Gasteiger partial charge is 0.306 e. The van der Waals surface area contributed by atoms with Crippen LogP contribution in [0.3, 0.4) is 0 Å². The summed E-state index contributed by atoms with van der Waals surface area (Å²) in [5.41, 5.74) is 1.76. The van der Waals surface area contributed by atoms with E-state index in [1.54, 1.807) is 30.3 Å². The number of anilines is 2. The van der Waals surface area contributed by atoms with Gasteiger partial charge in [0.15, 0.2) is 6.61 Å². The molecule has 0 bridgehead atoms. The van der Waals surface area contributed by atoms with Gasteiger partial charge in [0, 0.05) is 22.2 Å². The molecule has 0 spiro atoms. The maximum atomic E-state index is 11.9. The summed E-state index contributed by atoms with van der Waals surface area (Å²) in [6, 6.07) is 9.68. The summed E-state index contributed by atoms with van der Waals surface area (Å²) in [6.07, 6.45) is -0.298. The topological polar surface area (TPSA) is 84.5 Å². The van der Waals surface area contributed by atoms with Gasteiger partial charge in [-0.05, 0) is 42.8 Å². The van der Waals surface area contributed by atoms with Crippen molar-refractivity contribution in [3.8, 4) is 0 Å². The average molecular weight is 444 g/mol. The lowest BCUT2D eigenvalue weighted by Gasteiger charge is -2.09. The number of halogens is 3. The van der Waals surface area contributed by atoms with Gasteiger partial charge in [-0.3, -0.25) is 14.4 Å². The van der Waals surface area contributed by atoms with Gasteiger partial charge in [0.05, 0.1) is 17.1 Å². The van der Waals surface area contributed by atoms with Crippen molar-refractivity contribution in [2.75, 3.05) is 17.2 Å². The molecule has 2 amide bonds. The number of amides is 2. The molecule has 0 aromatic heterocycles. The number of benzene rings is 2. The van der Waals surface area contributed by atoms with Gasteiger partial charge >= 0.3 is 5.97 Å². The lowest BCUT2D eigenvalue weighted by atomic mass is 10.2. The lowest BCUT2D eigenvalue weighted by Crippen LogP contribution is -2.21. The van der Waals surface area contributed by atoms with E-state index in [2.05, 4.69) is 10.6 Å². The molecule has 2 N–H and O–H groups in total. The van der Waals surface area contributed by atoms with Crippen LogP contribution in [-0.2, 0) is 19.1 Å². The van der Waals surface area contributed by atoms with Gasteiger partial charge in [-0.25, -0.2) is 0 Å². The summed E-state index contributed by atoms with van der Waals surface area (Å²) in [5, 5.41) is 6.39. The van der Waals surface area contributed by atoms with E-state index in [0.717, 1.165) is 5.56 Å². The van der Waals surface area contributed by atoms with Crippen LogP contribution >= 0.6 is 34.8 Å². The summed E-state index contributed by atoms with van der Waals surface area (Å²) < 4.78 is 4.86. The Kier molecular flexibility index (Phi) is 8.11. The molecule has 2 aromatic carbocycles. The minimum Gasteiger partial charge on any atom is -0.456 e. The van der Waals surface area contributed by atoms with Gasteiger partial charge in [-0.15, -0.1) is 0 Å². The van der Waals surface area contributed by atoms with Crippen molar-refractivity contribution in [3.63, 3.8) is 0 Å². The number of hydrogen-bond donors (Lipinski definition) is 2. The standard InChI is InChI=1S/C19H17Cl3N2O4/c1-11-2-4-13(9-14(11)21)23-18(26)10-28-19(27)7-6-17(25)24-16-5-3-12(20)8-15(16)22/h2-5,8-9H,6-7,10H2,1H3,(H,23,26)(H,24,25). The van der Waals surface area contributed by atoms with Crippen molar-refractivity contribution in [2.45, 2.75) is 19.8 Å². The van der Waals surface area contributed by atoms with E-state index in [4.69, 9.17) is 39.5 Å². The Morgan fingerprint density at radius 2 is 1.64 bits per heavy atom. The second kappa shape index (κ2) is 10.3. The van der Waals surface area contributed by atoms with Crippen LogP contribution in [0.5, 0.6) is 0 Å². The Morgan fingerprint density at radius 3 is 2.32 bits per heavy atom. The molecule has 9 heteroatoms. The zero-order valence-electron chi connectivity index (χ0n) is 14.9. The monoisotopic (exact) mass is 442 g/mol. The van der Waals surface area contributed by atoms with Crippen LogP contribution in [-0.4, -0.2) is 24.4 Å². The van der Waals surface area contributed by atoms with Crippen LogP contribution in [0.2, 0.25) is 15.1 Å². The molecule has 0 atom stereocenters. The summed E-state index contributed by atoms with van der Waals surface area (Å²) in [4.78, 5) is 35.4. The first-order chi connectivity index (χ1) is 13.2. The molecule has 0 aliphatic carbocycles. The minimum absolute atomic E-state index is 0.118. The van der Waals surface area contributed by atoms with E-state index in [-0.39, 0.29) is 17.9 Å². The molecule has 0 fully saturated rings. The molecule has 148 valence electrons. The Morgan fingerprint density at radius 1 is 0.893 bits per heavy atom. The van der Waals surface area contributed by atoms with E-state index < -0.39 is 24.4 Å². The first-order valence-corrected chi connectivity index (χ1v) is 9.34. The third-order valence-corrected chi connectivity index (χ3v) is 4.54. The van der Waals surface area contributed by atoms with Crippen molar-refractivity contribution in [2.24, 2.45) is 0 Å². The Labute approximate surface area is 177 Å².